The highest BCUT2D eigenvalue weighted by Crippen LogP contribution is 2.16. The summed E-state index contributed by atoms with van der Waals surface area (Å²) in [5.74, 6) is 18.8. The second-order valence-electron chi connectivity index (χ2n) is 4.29. The molecule has 0 aliphatic carbocycles. The van der Waals surface area contributed by atoms with Gasteiger partial charge in [-0.3, -0.25) is 0 Å². The van der Waals surface area contributed by atoms with Gasteiger partial charge in [-0.15, -0.1) is 0 Å². The van der Waals surface area contributed by atoms with E-state index in [0.29, 0.717) is 0 Å². The molecule has 1 heterocycles. The smallest absolute Gasteiger partial charge is 0.00238 e. The average molecular weight is 421 g/mol. The first-order chi connectivity index (χ1) is 10.5. The third-order valence-corrected chi connectivity index (χ3v) is 11.3. The highest BCUT2D eigenvalue weighted by Gasteiger charge is 1.97. The third-order valence-electron chi connectivity index (χ3n) is 2.60. The Hall–Kier alpha value is 2.45. The second kappa shape index (κ2) is 18.8. The highest BCUT2D eigenvalue weighted by atomic mass is 32.2. The van der Waals surface area contributed by atoms with Gasteiger partial charge in [0, 0.05) is 80.5 Å². The molecule has 0 aromatic heterocycles. The van der Waals surface area contributed by atoms with E-state index in [2.05, 4.69) is 82.3 Å². The molecule has 0 atom stereocenters. The predicted molar refractivity (Wildman–Crippen MR) is 121 cm³/mol. The molecule has 1 aliphatic rings. The fourth-order valence-corrected chi connectivity index (χ4v) is 9.57. The quantitative estimate of drug-likeness (QED) is 0.525. The molecule has 0 aromatic rings. The van der Waals surface area contributed by atoms with Crippen LogP contribution in [0.4, 0.5) is 0 Å². The van der Waals surface area contributed by atoms with E-state index in [1.54, 1.807) is 0 Å². The molecule has 0 radical (unpaired) electrons. The van der Waals surface area contributed by atoms with Crippen LogP contribution in [0, 0.1) is 0 Å². The van der Waals surface area contributed by atoms with E-state index in [9.17, 15) is 0 Å². The van der Waals surface area contributed by atoms with E-state index < -0.39 is 0 Å². The van der Waals surface area contributed by atoms with Crippen molar-refractivity contribution in [2.75, 3.05) is 80.5 Å². The Morgan fingerprint density at radius 3 is 0.381 bits per heavy atom. The maximum absolute atomic E-state index is 2.14. The molecule has 1 saturated heterocycles. The van der Waals surface area contributed by atoms with Gasteiger partial charge in [-0.25, -0.2) is 0 Å². The van der Waals surface area contributed by atoms with Gasteiger partial charge >= 0.3 is 0 Å². The van der Waals surface area contributed by atoms with Crippen molar-refractivity contribution in [2.45, 2.75) is 0 Å². The van der Waals surface area contributed by atoms with Gasteiger partial charge in [0.15, 0.2) is 0 Å². The first-order valence-electron chi connectivity index (χ1n) is 7.54. The van der Waals surface area contributed by atoms with E-state index in [1.165, 1.54) is 80.5 Å². The SMILES string of the molecule is C1CSCCSCCSCCSCCSCCSCCS1. The van der Waals surface area contributed by atoms with Crippen LogP contribution >= 0.6 is 82.3 Å². The zero-order valence-electron chi connectivity index (χ0n) is 12.8. The summed E-state index contributed by atoms with van der Waals surface area (Å²) in [6, 6.07) is 0. The minimum absolute atomic E-state index is 1.34. The molecule has 0 nitrogen and oxygen atoms in total. The van der Waals surface area contributed by atoms with Crippen LogP contribution in [0.1, 0.15) is 0 Å². The molecule has 0 unspecified atom stereocenters. The minimum Gasteiger partial charge on any atom is -0.160 e. The molecule has 0 aromatic carbocycles. The molecule has 0 bridgehead atoms. The number of thioether (sulfide) groups is 7. The molecular weight excluding hydrogens is 393 g/mol. The predicted octanol–water partition coefficient (Wildman–Crippen LogP) is 5.13. The summed E-state index contributed by atoms with van der Waals surface area (Å²) in [7, 11) is 0. The highest BCUT2D eigenvalue weighted by molar-refractivity contribution is 8.07. The summed E-state index contributed by atoms with van der Waals surface area (Å²) in [5, 5.41) is 0. The topological polar surface area (TPSA) is 0 Å². The van der Waals surface area contributed by atoms with Crippen LogP contribution in [0.3, 0.4) is 0 Å². The van der Waals surface area contributed by atoms with Crippen LogP contribution in [-0.2, 0) is 0 Å². The van der Waals surface area contributed by atoms with Gasteiger partial charge in [0.05, 0.1) is 0 Å². The van der Waals surface area contributed by atoms with Crippen molar-refractivity contribution in [3.05, 3.63) is 0 Å². The molecule has 21 heavy (non-hydrogen) atoms. The maximum Gasteiger partial charge on any atom is 0.00238 e. The van der Waals surface area contributed by atoms with E-state index >= 15 is 0 Å². The molecule has 1 aliphatic heterocycles. The average Bonchev–Trinajstić information content (AvgIpc) is 2.50. The van der Waals surface area contributed by atoms with Gasteiger partial charge in [0.2, 0.25) is 0 Å². The Labute approximate surface area is 161 Å². The van der Waals surface area contributed by atoms with Gasteiger partial charge in [0.1, 0.15) is 0 Å². The molecule has 0 amide bonds. The zero-order valence-corrected chi connectivity index (χ0v) is 18.5. The molecule has 1 fully saturated rings. The first-order valence-corrected chi connectivity index (χ1v) is 15.6. The largest absolute Gasteiger partial charge is 0.160 e. The summed E-state index contributed by atoms with van der Waals surface area (Å²) in [4.78, 5) is 0. The van der Waals surface area contributed by atoms with Crippen molar-refractivity contribution in [1.29, 1.82) is 0 Å². The van der Waals surface area contributed by atoms with Crippen molar-refractivity contribution in [3.8, 4) is 0 Å². The Morgan fingerprint density at radius 1 is 0.190 bits per heavy atom. The molecular formula is C14H28S7. The van der Waals surface area contributed by atoms with Gasteiger partial charge in [-0.05, 0) is 0 Å². The maximum atomic E-state index is 2.14. The first kappa shape index (κ1) is 21.5. The molecule has 1 rings (SSSR count). The van der Waals surface area contributed by atoms with Gasteiger partial charge in [0.25, 0.3) is 0 Å². The van der Waals surface area contributed by atoms with E-state index in [-0.39, 0.29) is 0 Å². The monoisotopic (exact) mass is 420 g/mol. The van der Waals surface area contributed by atoms with E-state index in [4.69, 9.17) is 0 Å². The van der Waals surface area contributed by atoms with Gasteiger partial charge in [-0.2, -0.15) is 82.3 Å². The van der Waals surface area contributed by atoms with Crippen LogP contribution in [-0.4, -0.2) is 80.5 Å². The summed E-state index contributed by atoms with van der Waals surface area (Å²) in [6.07, 6.45) is 0. The Kier molecular flexibility index (Phi) is 19.2. The standard InChI is InChI=1S/C14H28S7/c1-2-16-5-6-18-9-10-20-13-14-21-12-11-19-8-7-17-4-3-15-1/h1-14H2. The number of hydrogen-bond acceptors (Lipinski definition) is 7. The van der Waals surface area contributed by atoms with Gasteiger partial charge < -0.3 is 0 Å². The zero-order chi connectivity index (χ0) is 14.8. The Morgan fingerprint density at radius 2 is 0.286 bits per heavy atom. The molecule has 0 spiro atoms. The summed E-state index contributed by atoms with van der Waals surface area (Å²) >= 11 is 15.0. The molecule has 0 N–H and O–H groups in total. The minimum atomic E-state index is 1.34. The third kappa shape index (κ3) is 17.1. The normalized spacial score (nSPS) is 24.0. The van der Waals surface area contributed by atoms with Crippen molar-refractivity contribution in [3.63, 3.8) is 0 Å². The van der Waals surface area contributed by atoms with Crippen molar-refractivity contribution in [1.82, 2.24) is 0 Å². The lowest BCUT2D eigenvalue weighted by Gasteiger charge is -2.03. The molecule has 0 saturated carbocycles. The van der Waals surface area contributed by atoms with E-state index in [0.717, 1.165) is 0 Å². The number of hydrogen-bond donors (Lipinski definition) is 0. The van der Waals surface area contributed by atoms with Crippen LogP contribution in [0.2, 0.25) is 0 Å². The fourth-order valence-electron chi connectivity index (χ4n) is 1.54. The van der Waals surface area contributed by atoms with Crippen LogP contribution in [0.15, 0.2) is 0 Å². The summed E-state index contributed by atoms with van der Waals surface area (Å²) in [5.41, 5.74) is 0. The second-order valence-corrected chi connectivity index (χ2v) is 12.9. The van der Waals surface area contributed by atoms with Crippen LogP contribution < -0.4 is 0 Å². The van der Waals surface area contributed by atoms with Crippen LogP contribution in [0.25, 0.3) is 0 Å². The summed E-state index contributed by atoms with van der Waals surface area (Å²) < 4.78 is 0. The van der Waals surface area contributed by atoms with Crippen molar-refractivity contribution in [2.24, 2.45) is 0 Å². The van der Waals surface area contributed by atoms with Crippen LogP contribution in [0.5, 0.6) is 0 Å². The lowest BCUT2D eigenvalue weighted by molar-refractivity contribution is 1.44. The Balaban J connectivity index is 2.00. The Bertz CT molecular complexity index is 112. The van der Waals surface area contributed by atoms with Crippen molar-refractivity contribution >= 4 is 82.3 Å². The summed E-state index contributed by atoms with van der Waals surface area (Å²) in [6.45, 7) is 0. The molecule has 7 heteroatoms. The van der Waals surface area contributed by atoms with Crippen molar-refractivity contribution < 1.29 is 0 Å². The van der Waals surface area contributed by atoms with Gasteiger partial charge in [-0.1, -0.05) is 0 Å². The lowest BCUT2D eigenvalue weighted by Crippen LogP contribution is -1.95. The molecule has 126 valence electrons. The number of rotatable bonds is 0. The lowest BCUT2D eigenvalue weighted by atomic mass is 10.9. The fraction of sp³-hybridized carbons (Fsp3) is 1.00. The van der Waals surface area contributed by atoms with E-state index in [1.807, 2.05) is 0 Å².